The lowest BCUT2D eigenvalue weighted by Crippen LogP contribution is -2.45. The van der Waals surface area contributed by atoms with Crippen molar-refractivity contribution in [1.82, 2.24) is 5.32 Å². The third-order valence-electron chi connectivity index (χ3n) is 15.9. The SMILES string of the molecule is CC/C=C\C/C=C\C/C=C\C/C=C\C/C=C\CCCCCCCCCCCCCCCCCCCCCCCCCCCC(=O)NC(CO)C(O)/C=C/CCCCCCCCCCCCCCCCCCCCCCCC. The van der Waals surface area contributed by atoms with Crippen LogP contribution in [0.5, 0.6) is 0 Å². The van der Waals surface area contributed by atoms with Crippen LogP contribution in [0, 0.1) is 0 Å². The maximum Gasteiger partial charge on any atom is 0.220 e. The molecule has 0 saturated heterocycles. The third-order valence-corrected chi connectivity index (χ3v) is 15.9. The van der Waals surface area contributed by atoms with Crippen LogP contribution in [-0.2, 0) is 4.79 Å². The minimum absolute atomic E-state index is 0.0571. The van der Waals surface area contributed by atoms with E-state index in [0.717, 1.165) is 57.8 Å². The van der Waals surface area contributed by atoms with Gasteiger partial charge in [-0.3, -0.25) is 4.79 Å². The molecule has 77 heavy (non-hydrogen) atoms. The second-order valence-electron chi connectivity index (χ2n) is 23.6. The van der Waals surface area contributed by atoms with Crippen LogP contribution >= 0.6 is 0 Å². The Kier molecular flexibility index (Phi) is 66.2. The molecule has 0 rings (SSSR count). The van der Waals surface area contributed by atoms with Crippen LogP contribution in [0.3, 0.4) is 0 Å². The maximum absolute atomic E-state index is 12.5. The summed E-state index contributed by atoms with van der Waals surface area (Å²) in [5, 5.41) is 23.3. The molecule has 4 heteroatoms. The van der Waals surface area contributed by atoms with Crippen LogP contribution < -0.4 is 5.32 Å². The summed E-state index contributed by atoms with van der Waals surface area (Å²) in [5.74, 6) is -0.0571. The predicted molar refractivity (Wildman–Crippen MR) is 345 cm³/mol. The van der Waals surface area contributed by atoms with Gasteiger partial charge in [-0.25, -0.2) is 0 Å². The fraction of sp³-hybridized carbons (Fsp3) is 0.822. The lowest BCUT2D eigenvalue weighted by atomic mass is 10.0. The molecule has 0 fully saturated rings. The Labute approximate surface area is 482 Å². The highest BCUT2D eigenvalue weighted by Gasteiger charge is 2.18. The van der Waals surface area contributed by atoms with Crippen LogP contribution in [-0.4, -0.2) is 34.9 Å². The summed E-state index contributed by atoms with van der Waals surface area (Å²) in [6.07, 6.45) is 98.5. The zero-order valence-electron chi connectivity index (χ0n) is 52.0. The summed E-state index contributed by atoms with van der Waals surface area (Å²) in [6.45, 7) is 4.23. The smallest absolute Gasteiger partial charge is 0.220 e. The lowest BCUT2D eigenvalue weighted by molar-refractivity contribution is -0.123. The van der Waals surface area contributed by atoms with Crippen molar-refractivity contribution in [3.8, 4) is 0 Å². The predicted octanol–water partition coefficient (Wildman–Crippen LogP) is 23.7. The van der Waals surface area contributed by atoms with Gasteiger partial charge in [0.15, 0.2) is 0 Å². The highest BCUT2D eigenvalue weighted by molar-refractivity contribution is 5.76. The minimum Gasteiger partial charge on any atom is -0.394 e. The molecule has 0 saturated carbocycles. The summed E-state index contributed by atoms with van der Waals surface area (Å²) in [7, 11) is 0. The van der Waals surface area contributed by atoms with Crippen molar-refractivity contribution in [2.75, 3.05) is 6.61 Å². The van der Waals surface area contributed by atoms with E-state index in [2.05, 4.69) is 79.9 Å². The topological polar surface area (TPSA) is 69.6 Å². The van der Waals surface area contributed by atoms with E-state index in [1.165, 1.54) is 289 Å². The van der Waals surface area contributed by atoms with E-state index in [1.807, 2.05) is 6.08 Å². The number of carbonyl (C=O) groups is 1. The highest BCUT2D eigenvalue weighted by Crippen LogP contribution is 2.19. The zero-order chi connectivity index (χ0) is 55.5. The molecule has 0 aliphatic rings. The summed E-state index contributed by atoms with van der Waals surface area (Å²) in [6, 6.07) is -0.623. The summed E-state index contributed by atoms with van der Waals surface area (Å²) in [5.41, 5.74) is 0. The lowest BCUT2D eigenvalue weighted by Gasteiger charge is -2.20. The van der Waals surface area contributed by atoms with Gasteiger partial charge in [0, 0.05) is 6.42 Å². The van der Waals surface area contributed by atoms with Gasteiger partial charge in [-0.15, -0.1) is 0 Å². The number of unbranched alkanes of at least 4 members (excludes halogenated alkanes) is 47. The van der Waals surface area contributed by atoms with Crippen LogP contribution in [0.4, 0.5) is 0 Å². The molecule has 0 aliphatic heterocycles. The van der Waals surface area contributed by atoms with E-state index in [4.69, 9.17) is 0 Å². The average Bonchev–Trinajstić information content (AvgIpc) is 3.43. The Morgan fingerprint density at radius 3 is 0.857 bits per heavy atom. The quantitative estimate of drug-likeness (QED) is 0.0420. The monoisotopic (exact) mass is 1070 g/mol. The largest absolute Gasteiger partial charge is 0.394 e. The molecule has 0 aromatic carbocycles. The summed E-state index contributed by atoms with van der Waals surface area (Å²) in [4.78, 5) is 12.5. The van der Waals surface area contributed by atoms with E-state index >= 15 is 0 Å². The standard InChI is InChI=1S/C73H135NO3/c1-3-5-7-9-11-13-15-17-19-21-23-25-27-29-30-31-32-33-34-35-36-37-38-39-40-41-42-43-44-45-47-49-51-53-55-57-59-61-63-65-67-69-73(77)74-71(70-75)72(76)68-66-64-62-60-58-56-54-52-50-48-46-28-26-24-22-20-18-16-14-12-10-8-6-4-2/h5,7,11,13,17,19,23,25,29-30,66,68,71-72,75-76H,3-4,6,8-10,12,14-16,18,20-22,24,26-28,31-65,67,69-70H2,1-2H3,(H,74,77)/b7-5-,13-11-,19-17-,25-23-,30-29-,68-66+. The molecule has 4 nitrogen and oxygen atoms in total. The summed E-state index contributed by atoms with van der Waals surface area (Å²) < 4.78 is 0. The molecule has 450 valence electrons. The van der Waals surface area contributed by atoms with Gasteiger partial charge in [0.1, 0.15) is 0 Å². The highest BCUT2D eigenvalue weighted by atomic mass is 16.3. The van der Waals surface area contributed by atoms with Gasteiger partial charge in [-0.1, -0.05) is 369 Å². The molecular weight excluding hydrogens is 939 g/mol. The number of hydrogen-bond acceptors (Lipinski definition) is 3. The molecule has 0 heterocycles. The minimum atomic E-state index is -0.840. The first-order chi connectivity index (χ1) is 38.2. The number of aliphatic hydroxyl groups excluding tert-OH is 2. The fourth-order valence-electron chi connectivity index (χ4n) is 10.7. The Morgan fingerprint density at radius 1 is 0.325 bits per heavy atom. The molecule has 2 unspecified atom stereocenters. The van der Waals surface area contributed by atoms with E-state index in [-0.39, 0.29) is 12.5 Å². The second kappa shape index (κ2) is 68.1. The molecule has 0 aromatic heterocycles. The van der Waals surface area contributed by atoms with E-state index in [1.54, 1.807) is 6.08 Å². The van der Waals surface area contributed by atoms with Crippen molar-refractivity contribution >= 4 is 5.91 Å². The van der Waals surface area contributed by atoms with Gasteiger partial charge in [0.05, 0.1) is 18.8 Å². The molecule has 0 radical (unpaired) electrons. The average molecular weight is 1070 g/mol. The first kappa shape index (κ1) is 74.8. The number of allylic oxidation sites excluding steroid dienone is 11. The molecule has 0 bridgehead atoms. The number of amides is 1. The molecule has 0 spiro atoms. The third kappa shape index (κ3) is 64.5. The number of rotatable bonds is 64. The van der Waals surface area contributed by atoms with Gasteiger partial charge in [-0.05, 0) is 64.2 Å². The number of hydrogen-bond donors (Lipinski definition) is 3. The van der Waals surface area contributed by atoms with Crippen molar-refractivity contribution in [2.45, 2.75) is 379 Å². The van der Waals surface area contributed by atoms with Crippen LogP contribution in [0.1, 0.15) is 367 Å². The van der Waals surface area contributed by atoms with E-state index < -0.39 is 12.1 Å². The number of carbonyl (C=O) groups excluding carboxylic acids is 1. The van der Waals surface area contributed by atoms with E-state index in [9.17, 15) is 15.0 Å². The van der Waals surface area contributed by atoms with Gasteiger partial charge in [-0.2, -0.15) is 0 Å². The first-order valence-corrected chi connectivity index (χ1v) is 34.7. The van der Waals surface area contributed by atoms with Gasteiger partial charge in [0.25, 0.3) is 0 Å². The van der Waals surface area contributed by atoms with Gasteiger partial charge < -0.3 is 15.5 Å². The van der Waals surface area contributed by atoms with Crippen LogP contribution in [0.2, 0.25) is 0 Å². The molecule has 3 N–H and O–H groups in total. The Hall–Kier alpha value is -2.17. The summed E-state index contributed by atoms with van der Waals surface area (Å²) >= 11 is 0. The maximum atomic E-state index is 12.5. The van der Waals surface area contributed by atoms with Gasteiger partial charge in [0.2, 0.25) is 5.91 Å². The Morgan fingerprint density at radius 2 is 0.571 bits per heavy atom. The zero-order valence-corrected chi connectivity index (χ0v) is 52.0. The van der Waals surface area contributed by atoms with Crippen LogP contribution in [0.25, 0.3) is 0 Å². The number of aliphatic hydroxyl groups is 2. The van der Waals surface area contributed by atoms with Gasteiger partial charge >= 0.3 is 0 Å². The molecule has 0 aromatic rings. The molecule has 2 atom stereocenters. The fourth-order valence-corrected chi connectivity index (χ4v) is 10.7. The van der Waals surface area contributed by atoms with Crippen molar-refractivity contribution in [3.05, 3.63) is 72.9 Å². The van der Waals surface area contributed by atoms with Crippen molar-refractivity contribution in [2.24, 2.45) is 0 Å². The Bertz CT molecular complexity index is 1310. The van der Waals surface area contributed by atoms with E-state index in [0.29, 0.717) is 6.42 Å². The van der Waals surface area contributed by atoms with Crippen molar-refractivity contribution in [1.29, 1.82) is 0 Å². The number of nitrogens with one attached hydrogen (secondary N) is 1. The normalized spacial score (nSPS) is 13.1. The molecule has 1 amide bonds. The Balaban J connectivity index is 3.42. The first-order valence-electron chi connectivity index (χ1n) is 34.7. The second-order valence-corrected chi connectivity index (χ2v) is 23.6. The van der Waals surface area contributed by atoms with Crippen molar-refractivity contribution in [3.63, 3.8) is 0 Å². The molecule has 0 aliphatic carbocycles. The molecular formula is C73H135NO3. The van der Waals surface area contributed by atoms with Crippen molar-refractivity contribution < 1.29 is 15.0 Å². The van der Waals surface area contributed by atoms with Crippen LogP contribution in [0.15, 0.2) is 72.9 Å².